The molecule has 0 bridgehead atoms. The van der Waals surface area contributed by atoms with Gasteiger partial charge in [-0.15, -0.1) is 0 Å². The molecule has 0 aromatic heterocycles. The van der Waals surface area contributed by atoms with Gasteiger partial charge >= 0.3 is 0 Å². The van der Waals surface area contributed by atoms with Crippen molar-refractivity contribution in [3.63, 3.8) is 0 Å². The largest absolute Gasteiger partial charge is 0.493 e. The maximum absolute atomic E-state index is 10.7. The molecule has 0 unspecified atom stereocenters. The Labute approximate surface area is 146 Å². The van der Waals surface area contributed by atoms with Gasteiger partial charge in [-0.1, -0.05) is 6.07 Å². The summed E-state index contributed by atoms with van der Waals surface area (Å²) >= 11 is 0. The molecular weight excluding hydrogens is 320 g/mol. The topological polar surface area (TPSA) is 85.4 Å². The van der Waals surface area contributed by atoms with Crippen LogP contribution in [0.2, 0.25) is 0 Å². The number of allylic oxidation sites excluding steroid dienone is 1. The molecule has 0 aliphatic heterocycles. The smallest absolute Gasteiger partial charge is 0.269 e. The van der Waals surface area contributed by atoms with Crippen LogP contribution in [-0.2, 0) is 0 Å². The first-order chi connectivity index (χ1) is 11.9. The number of nitriles is 1. The van der Waals surface area contributed by atoms with Gasteiger partial charge in [0.1, 0.15) is 0 Å². The number of ether oxygens (including phenoxy) is 2. The summed E-state index contributed by atoms with van der Waals surface area (Å²) in [5.74, 6) is 1.20. The predicted molar refractivity (Wildman–Crippen MR) is 95.3 cm³/mol. The van der Waals surface area contributed by atoms with Crippen LogP contribution in [0, 0.1) is 21.4 Å². The number of hydrogen-bond acceptors (Lipinski definition) is 5. The van der Waals surface area contributed by atoms with Gasteiger partial charge in [0.2, 0.25) is 0 Å². The van der Waals surface area contributed by atoms with Crippen LogP contribution in [0.15, 0.2) is 42.5 Å². The molecule has 25 heavy (non-hydrogen) atoms. The zero-order chi connectivity index (χ0) is 18.4. The standard InChI is InChI=1S/C19H18N2O4/c1-13(2)25-18-9-4-14(11-19(18)24-3)10-16(12-20)15-5-7-17(8-6-15)21(22)23/h4-11,13H,1-3H3. The van der Waals surface area contributed by atoms with Gasteiger partial charge in [0.25, 0.3) is 5.69 Å². The highest BCUT2D eigenvalue weighted by molar-refractivity contribution is 5.90. The van der Waals surface area contributed by atoms with E-state index in [1.807, 2.05) is 19.9 Å². The number of rotatable bonds is 6. The van der Waals surface area contributed by atoms with Crippen molar-refractivity contribution in [3.8, 4) is 17.6 Å². The molecule has 0 aliphatic carbocycles. The van der Waals surface area contributed by atoms with E-state index < -0.39 is 4.92 Å². The molecule has 6 heteroatoms. The van der Waals surface area contributed by atoms with E-state index in [4.69, 9.17) is 9.47 Å². The SMILES string of the molecule is COc1cc(C=C(C#N)c2ccc([N+](=O)[O-])cc2)ccc1OC(C)C. The first kappa shape index (κ1) is 18.0. The number of nitro benzene ring substituents is 1. The summed E-state index contributed by atoms with van der Waals surface area (Å²) in [5.41, 5.74) is 1.75. The second-order valence-electron chi connectivity index (χ2n) is 5.55. The van der Waals surface area contributed by atoms with Crippen molar-refractivity contribution >= 4 is 17.3 Å². The molecule has 0 radical (unpaired) electrons. The van der Waals surface area contributed by atoms with Gasteiger partial charge in [-0.25, -0.2) is 0 Å². The molecule has 0 amide bonds. The first-order valence-electron chi connectivity index (χ1n) is 7.66. The Morgan fingerprint density at radius 3 is 2.40 bits per heavy atom. The van der Waals surface area contributed by atoms with Crippen LogP contribution >= 0.6 is 0 Å². The minimum Gasteiger partial charge on any atom is -0.493 e. The molecule has 0 N–H and O–H groups in total. The van der Waals surface area contributed by atoms with E-state index in [1.165, 1.54) is 12.1 Å². The van der Waals surface area contributed by atoms with E-state index in [9.17, 15) is 15.4 Å². The van der Waals surface area contributed by atoms with E-state index in [0.29, 0.717) is 22.6 Å². The van der Waals surface area contributed by atoms with Crippen molar-refractivity contribution in [1.29, 1.82) is 5.26 Å². The number of benzene rings is 2. The molecule has 2 aromatic carbocycles. The number of nitrogens with zero attached hydrogens (tertiary/aromatic N) is 2. The van der Waals surface area contributed by atoms with Gasteiger partial charge < -0.3 is 9.47 Å². The Bertz CT molecular complexity index is 833. The van der Waals surface area contributed by atoms with Gasteiger partial charge in [0.15, 0.2) is 11.5 Å². The summed E-state index contributed by atoms with van der Waals surface area (Å²) in [6.45, 7) is 3.85. The predicted octanol–water partition coefficient (Wildman–Crippen LogP) is 4.45. The highest BCUT2D eigenvalue weighted by Gasteiger charge is 2.09. The van der Waals surface area contributed by atoms with E-state index >= 15 is 0 Å². The Hall–Kier alpha value is -3.33. The summed E-state index contributed by atoms with van der Waals surface area (Å²) < 4.78 is 11.0. The molecular formula is C19H18N2O4. The highest BCUT2D eigenvalue weighted by Crippen LogP contribution is 2.30. The maximum Gasteiger partial charge on any atom is 0.269 e. The molecule has 0 spiro atoms. The van der Waals surface area contributed by atoms with Gasteiger partial charge in [-0.05, 0) is 55.3 Å². The van der Waals surface area contributed by atoms with Crippen LogP contribution in [0.25, 0.3) is 11.6 Å². The van der Waals surface area contributed by atoms with Crippen LogP contribution in [-0.4, -0.2) is 18.1 Å². The number of nitro groups is 1. The zero-order valence-electron chi connectivity index (χ0n) is 14.2. The molecule has 6 nitrogen and oxygen atoms in total. The lowest BCUT2D eigenvalue weighted by Gasteiger charge is -2.14. The Morgan fingerprint density at radius 1 is 1.20 bits per heavy atom. The Morgan fingerprint density at radius 2 is 1.88 bits per heavy atom. The van der Waals surface area contributed by atoms with Crippen LogP contribution < -0.4 is 9.47 Å². The first-order valence-corrected chi connectivity index (χ1v) is 7.66. The second kappa shape index (κ2) is 7.97. The van der Waals surface area contributed by atoms with Crippen molar-refractivity contribution in [3.05, 3.63) is 63.7 Å². The van der Waals surface area contributed by atoms with Gasteiger partial charge in [0.05, 0.1) is 29.8 Å². The summed E-state index contributed by atoms with van der Waals surface area (Å²) in [6.07, 6.45) is 1.72. The normalized spacial score (nSPS) is 11.1. The monoisotopic (exact) mass is 338 g/mol. The lowest BCUT2D eigenvalue weighted by molar-refractivity contribution is -0.384. The summed E-state index contributed by atoms with van der Waals surface area (Å²) in [7, 11) is 1.55. The second-order valence-corrected chi connectivity index (χ2v) is 5.55. The summed E-state index contributed by atoms with van der Waals surface area (Å²) in [6, 6.07) is 13.4. The van der Waals surface area contributed by atoms with Crippen LogP contribution in [0.3, 0.4) is 0 Å². The molecule has 2 aromatic rings. The molecule has 0 aliphatic rings. The van der Waals surface area contributed by atoms with Gasteiger partial charge in [-0.2, -0.15) is 5.26 Å². The van der Waals surface area contributed by atoms with E-state index in [1.54, 1.807) is 37.5 Å². The minimum atomic E-state index is -0.474. The van der Waals surface area contributed by atoms with E-state index in [2.05, 4.69) is 6.07 Å². The molecule has 0 atom stereocenters. The summed E-state index contributed by atoms with van der Waals surface area (Å²) in [5, 5.41) is 20.1. The molecule has 2 rings (SSSR count). The Kier molecular flexibility index (Phi) is 5.75. The number of non-ortho nitro benzene ring substituents is 1. The maximum atomic E-state index is 10.7. The van der Waals surface area contributed by atoms with Crippen molar-refractivity contribution < 1.29 is 14.4 Å². The van der Waals surface area contributed by atoms with E-state index in [0.717, 1.165) is 5.56 Å². The lowest BCUT2D eigenvalue weighted by Crippen LogP contribution is -2.06. The van der Waals surface area contributed by atoms with Crippen molar-refractivity contribution in [1.82, 2.24) is 0 Å². The highest BCUT2D eigenvalue weighted by atomic mass is 16.6. The van der Waals surface area contributed by atoms with Crippen molar-refractivity contribution in [2.75, 3.05) is 7.11 Å². The average molecular weight is 338 g/mol. The van der Waals surface area contributed by atoms with Crippen molar-refractivity contribution in [2.45, 2.75) is 20.0 Å². The van der Waals surface area contributed by atoms with Crippen LogP contribution in [0.5, 0.6) is 11.5 Å². The van der Waals surface area contributed by atoms with Crippen LogP contribution in [0.4, 0.5) is 5.69 Å². The third kappa shape index (κ3) is 4.58. The third-order valence-corrected chi connectivity index (χ3v) is 3.37. The zero-order valence-corrected chi connectivity index (χ0v) is 14.2. The van der Waals surface area contributed by atoms with Gasteiger partial charge in [-0.3, -0.25) is 10.1 Å². The van der Waals surface area contributed by atoms with Crippen molar-refractivity contribution in [2.24, 2.45) is 0 Å². The fourth-order valence-corrected chi connectivity index (χ4v) is 2.23. The lowest BCUT2D eigenvalue weighted by atomic mass is 10.0. The quantitative estimate of drug-likeness (QED) is 0.336. The molecule has 128 valence electrons. The molecule has 0 saturated heterocycles. The summed E-state index contributed by atoms with van der Waals surface area (Å²) in [4.78, 5) is 10.2. The Balaban J connectivity index is 2.36. The fraction of sp³-hybridized carbons (Fsp3) is 0.211. The third-order valence-electron chi connectivity index (χ3n) is 3.37. The molecule has 0 heterocycles. The fourth-order valence-electron chi connectivity index (χ4n) is 2.23. The minimum absolute atomic E-state index is 0.0158. The van der Waals surface area contributed by atoms with Gasteiger partial charge in [0, 0.05) is 12.1 Å². The molecule has 0 saturated carbocycles. The van der Waals surface area contributed by atoms with E-state index in [-0.39, 0.29) is 11.8 Å². The molecule has 0 fully saturated rings. The van der Waals surface area contributed by atoms with Crippen LogP contribution in [0.1, 0.15) is 25.0 Å². The number of hydrogen-bond donors (Lipinski definition) is 0. The average Bonchev–Trinajstić information content (AvgIpc) is 2.60. The number of methoxy groups -OCH3 is 1.